The van der Waals surface area contributed by atoms with Gasteiger partial charge in [0.05, 0.1) is 19.6 Å². The summed E-state index contributed by atoms with van der Waals surface area (Å²) in [6.45, 7) is 4.35. The van der Waals surface area contributed by atoms with Gasteiger partial charge < -0.3 is 9.47 Å². The zero-order chi connectivity index (χ0) is 12.7. The van der Waals surface area contributed by atoms with Crippen LogP contribution in [-0.4, -0.2) is 30.4 Å². The molecule has 0 spiro atoms. The lowest BCUT2D eigenvalue weighted by atomic mass is 10.2. The standard InChI is InChI=1S/C12H17NO3S/c1-4-16-10-6-5-7-11(13-10)17-8-9(2)12(14)15-3/h5-7,9H,4,8H2,1-3H3. The predicted molar refractivity (Wildman–Crippen MR) is 67.3 cm³/mol. The number of aromatic nitrogens is 1. The number of esters is 1. The number of carbonyl (C=O) groups excluding carboxylic acids is 1. The molecule has 1 aromatic heterocycles. The maximum atomic E-state index is 11.2. The van der Waals surface area contributed by atoms with Crippen molar-refractivity contribution in [1.82, 2.24) is 4.98 Å². The average Bonchev–Trinajstić information content (AvgIpc) is 2.36. The van der Waals surface area contributed by atoms with Gasteiger partial charge in [-0.1, -0.05) is 13.0 Å². The van der Waals surface area contributed by atoms with Crippen molar-refractivity contribution in [3.63, 3.8) is 0 Å². The molecule has 0 amide bonds. The van der Waals surface area contributed by atoms with E-state index in [1.165, 1.54) is 18.9 Å². The van der Waals surface area contributed by atoms with E-state index in [2.05, 4.69) is 9.72 Å². The lowest BCUT2D eigenvalue weighted by Gasteiger charge is -2.08. The van der Waals surface area contributed by atoms with Gasteiger partial charge in [-0.2, -0.15) is 0 Å². The van der Waals surface area contributed by atoms with Crippen LogP contribution >= 0.6 is 11.8 Å². The Hall–Kier alpha value is -1.23. The first kappa shape index (κ1) is 13.8. The van der Waals surface area contributed by atoms with Gasteiger partial charge in [0.25, 0.3) is 0 Å². The Morgan fingerprint density at radius 2 is 2.29 bits per heavy atom. The summed E-state index contributed by atoms with van der Waals surface area (Å²) in [5.74, 6) is 0.930. The molecule has 0 bridgehead atoms. The minimum Gasteiger partial charge on any atom is -0.478 e. The molecule has 0 aliphatic rings. The van der Waals surface area contributed by atoms with Crippen molar-refractivity contribution >= 4 is 17.7 Å². The first-order valence-corrected chi connectivity index (χ1v) is 6.46. The molecule has 1 heterocycles. The van der Waals surface area contributed by atoms with Gasteiger partial charge in [0.15, 0.2) is 0 Å². The highest BCUT2D eigenvalue weighted by Crippen LogP contribution is 2.21. The van der Waals surface area contributed by atoms with Crippen LogP contribution in [0.4, 0.5) is 0 Å². The van der Waals surface area contributed by atoms with Crippen molar-refractivity contribution in [3.8, 4) is 5.88 Å². The summed E-state index contributed by atoms with van der Waals surface area (Å²) < 4.78 is 9.97. The fourth-order valence-corrected chi connectivity index (χ4v) is 2.07. The third-order valence-electron chi connectivity index (χ3n) is 2.07. The van der Waals surface area contributed by atoms with Crippen molar-refractivity contribution in [2.75, 3.05) is 19.5 Å². The molecule has 0 radical (unpaired) electrons. The van der Waals surface area contributed by atoms with Crippen LogP contribution in [0.15, 0.2) is 23.2 Å². The number of thioether (sulfide) groups is 1. The van der Waals surface area contributed by atoms with Gasteiger partial charge in [-0.15, -0.1) is 11.8 Å². The van der Waals surface area contributed by atoms with Crippen LogP contribution < -0.4 is 4.74 Å². The van der Waals surface area contributed by atoms with Gasteiger partial charge >= 0.3 is 5.97 Å². The molecular formula is C12H17NO3S. The van der Waals surface area contributed by atoms with Crippen LogP contribution in [0.3, 0.4) is 0 Å². The third kappa shape index (κ3) is 4.65. The Morgan fingerprint density at radius 1 is 1.53 bits per heavy atom. The SMILES string of the molecule is CCOc1cccc(SCC(C)C(=O)OC)n1. The van der Waals surface area contributed by atoms with Gasteiger partial charge in [-0.05, 0) is 13.0 Å². The van der Waals surface area contributed by atoms with Gasteiger partial charge in [0.2, 0.25) is 5.88 Å². The summed E-state index contributed by atoms with van der Waals surface area (Å²) in [6, 6.07) is 5.61. The van der Waals surface area contributed by atoms with Crippen molar-refractivity contribution in [1.29, 1.82) is 0 Å². The van der Waals surface area contributed by atoms with Crippen LogP contribution in [0, 0.1) is 5.92 Å². The molecule has 94 valence electrons. The zero-order valence-corrected chi connectivity index (χ0v) is 11.1. The molecule has 1 atom stereocenters. The number of nitrogens with zero attached hydrogens (tertiary/aromatic N) is 1. The maximum Gasteiger partial charge on any atom is 0.309 e. The zero-order valence-electron chi connectivity index (χ0n) is 10.3. The maximum absolute atomic E-state index is 11.2. The molecule has 0 fully saturated rings. The molecule has 1 unspecified atom stereocenters. The van der Waals surface area contributed by atoms with Gasteiger partial charge in [-0.3, -0.25) is 4.79 Å². The second kappa shape index (κ2) is 7.17. The monoisotopic (exact) mass is 255 g/mol. The van der Waals surface area contributed by atoms with Crippen molar-refractivity contribution < 1.29 is 14.3 Å². The van der Waals surface area contributed by atoms with Gasteiger partial charge in [-0.25, -0.2) is 4.98 Å². The lowest BCUT2D eigenvalue weighted by Crippen LogP contribution is -2.14. The second-order valence-corrected chi connectivity index (χ2v) is 4.52. The summed E-state index contributed by atoms with van der Waals surface area (Å²) in [6.07, 6.45) is 0. The minimum atomic E-state index is -0.196. The molecule has 1 rings (SSSR count). The van der Waals surface area contributed by atoms with Crippen molar-refractivity contribution in [2.45, 2.75) is 18.9 Å². The fraction of sp³-hybridized carbons (Fsp3) is 0.500. The minimum absolute atomic E-state index is 0.137. The summed E-state index contributed by atoms with van der Waals surface area (Å²) in [5.41, 5.74) is 0. The highest BCUT2D eigenvalue weighted by molar-refractivity contribution is 7.99. The molecule has 0 saturated carbocycles. The number of carbonyl (C=O) groups is 1. The van der Waals surface area contributed by atoms with E-state index in [1.807, 2.05) is 32.0 Å². The van der Waals surface area contributed by atoms with E-state index in [-0.39, 0.29) is 11.9 Å². The Labute approximate surface area is 106 Å². The van der Waals surface area contributed by atoms with Crippen LogP contribution in [0.2, 0.25) is 0 Å². The first-order valence-electron chi connectivity index (χ1n) is 5.47. The fourth-order valence-electron chi connectivity index (χ4n) is 1.18. The topological polar surface area (TPSA) is 48.4 Å². The van der Waals surface area contributed by atoms with Crippen molar-refractivity contribution in [2.24, 2.45) is 5.92 Å². The van der Waals surface area contributed by atoms with Gasteiger partial charge in [0, 0.05) is 11.8 Å². The Morgan fingerprint density at radius 3 is 2.94 bits per heavy atom. The second-order valence-electron chi connectivity index (χ2n) is 3.48. The smallest absolute Gasteiger partial charge is 0.309 e. The lowest BCUT2D eigenvalue weighted by molar-refractivity contribution is -0.143. The number of methoxy groups -OCH3 is 1. The molecule has 0 aromatic carbocycles. The normalized spacial score (nSPS) is 11.9. The Bertz CT molecular complexity index is 371. The van der Waals surface area contributed by atoms with E-state index < -0.39 is 0 Å². The number of pyridine rings is 1. The average molecular weight is 255 g/mol. The Balaban J connectivity index is 2.51. The van der Waals surface area contributed by atoms with E-state index in [1.54, 1.807) is 0 Å². The molecule has 4 nitrogen and oxygen atoms in total. The van der Waals surface area contributed by atoms with E-state index in [4.69, 9.17) is 4.74 Å². The molecule has 1 aromatic rings. The van der Waals surface area contributed by atoms with Crippen molar-refractivity contribution in [3.05, 3.63) is 18.2 Å². The predicted octanol–water partition coefficient (Wildman–Crippen LogP) is 2.38. The summed E-state index contributed by atoms with van der Waals surface area (Å²) >= 11 is 1.52. The number of ether oxygens (including phenoxy) is 2. The summed E-state index contributed by atoms with van der Waals surface area (Å²) in [4.78, 5) is 15.5. The molecule has 17 heavy (non-hydrogen) atoms. The molecule has 0 aliphatic heterocycles. The highest BCUT2D eigenvalue weighted by atomic mass is 32.2. The molecule has 0 N–H and O–H groups in total. The highest BCUT2D eigenvalue weighted by Gasteiger charge is 2.13. The number of hydrogen-bond acceptors (Lipinski definition) is 5. The van der Waals surface area contributed by atoms with E-state index >= 15 is 0 Å². The molecule has 0 saturated heterocycles. The van der Waals surface area contributed by atoms with Crippen LogP contribution in [0.25, 0.3) is 0 Å². The molecule has 5 heteroatoms. The molecule has 0 aliphatic carbocycles. The van der Waals surface area contributed by atoms with E-state index in [0.29, 0.717) is 18.2 Å². The van der Waals surface area contributed by atoms with E-state index in [9.17, 15) is 4.79 Å². The molecular weight excluding hydrogens is 238 g/mol. The number of rotatable bonds is 6. The Kier molecular flexibility index (Phi) is 5.83. The van der Waals surface area contributed by atoms with Crippen LogP contribution in [0.1, 0.15) is 13.8 Å². The summed E-state index contributed by atoms with van der Waals surface area (Å²) in [5, 5.41) is 0.853. The third-order valence-corrected chi connectivity index (χ3v) is 3.26. The van der Waals surface area contributed by atoms with Crippen LogP contribution in [-0.2, 0) is 9.53 Å². The summed E-state index contributed by atoms with van der Waals surface area (Å²) in [7, 11) is 1.40. The largest absolute Gasteiger partial charge is 0.478 e. The van der Waals surface area contributed by atoms with Crippen LogP contribution in [0.5, 0.6) is 5.88 Å². The first-order chi connectivity index (χ1) is 8.17. The van der Waals surface area contributed by atoms with E-state index in [0.717, 1.165) is 5.03 Å². The quantitative estimate of drug-likeness (QED) is 0.577. The number of hydrogen-bond donors (Lipinski definition) is 0. The van der Waals surface area contributed by atoms with Gasteiger partial charge in [0.1, 0.15) is 5.03 Å².